The van der Waals surface area contributed by atoms with Gasteiger partial charge in [0.05, 0.1) is 6.61 Å². The Morgan fingerprint density at radius 3 is 2.06 bits per heavy atom. The third kappa shape index (κ3) is 7.61. The number of hydrogen-bond donors (Lipinski definition) is 4. The van der Waals surface area contributed by atoms with Crippen molar-refractivity contribution < 1.29 is 44.3 Å². The minimum absolute atomic E-state index is 0.129. The number of benzene rings is 1. The van der Waals surface area contributed by atoms with Gasteiger partial charge in [0, 0.05) is 26.2 Å². The van der Waals surface area contributed by atoms with Crippen LogP contribution in [0, 0.1) is 5.41 Å². The van der Waals surface area contributed by atoms with E-state index < -0.39 is 29.6 Å². The van der Waals surface area contributed by atoms with E-state index in [1.54, 1.807) is 12.2 Å². The summed E-state index contributed by atoms with van der Waals surface area (Å²) in [5, 5.41) is 32.5. The van der Waals surface area contributed by atoms with Crippen molar-refractivity contribution in [3.8, 4) is 0 Å². The van der Waals surface area contributed by atoms with E-state index in [9.17, 15) is 19.2 Å². The predicted octanol–water partition coefficient (Wildman–Crippen LogP) is 0.632. The Labute approximate surface area is 209 Å². The first-order chi connectivity index (χ1) is 17.0. The minimum Gasteiger partial charge on any atom is -0.479 e. The molecule has 2 aliphatic heterocycles. The van der Waals surface area contributed by atoms with Gasteiger partial charge in [-0.05, 0) is 62.7 Å². The first-order valence-corrected chi connectivity index (χ1v) is 11.7. The lowest BCUT2D eigenvalue weighted by molar-refractivity contribution is -0.165. The van der Waals surface area contributed by atoms with Crippen LogP contribution < -0.4 is 4.90 Å². The summed E-state index contributed by atoms with van der Waals surface area (Å²) in [5.41, 5.74) is 1.06. The first-order valence-electron chi connectivity index (χ1n) is 11.7. The molecule has 3 rings (SSSR count). The highest BCUT2D eigenvalue weighted by atomic mass is 16.5. The summed E-state index contributed by atoms with van der Waals surface area (Å²) in [6.07, 6.45) is 2.26. The van der Waals surface area contributed by atoms with E-state index in [1.807, 2.05) is 43.3 Å². The number of carboxylic acids is 2. The van der Waals surface area contributed by atoms with Crippen LogP contribution in [0.4, 0.5) is 5.69 Å². The number of carbonyl (C=O) groups excluding carboxylic acids is 2. The molecule has 1 aromatic carbocycles. The van der Waals surface area contributed by atoms with E-state index in [4.69, 9.17) is 25.2 Å². The lowest BCUT2D eigenvalue weighted by Crippen LogP contribution is -2.39. The number of aliphatic hydroxyl groups excluding tert-OH is 2. The van der Waals surface area contributed by atoms with E-state index in [2.05, 4.69) is 4.90 Å². The largest absolute Gasteiger partial charge is 0.479 e. The summed E-state index contributed by atoms with van der Waals surface area (Å²) in [6.45, 7) is 3.25. The third-order valence-corrected chi connectivity index (χ3v) is 6.32. The summed E-state index contributed by atoms with van der Waals surface area (Å²) in [6, 6.07) is 7.97. The Balaban J connectivity index is 0.000000388. The number of carbonyl (C=O) groups is 4. The molecule has 0 radical (unpaired) electrons. The Bertz CT molecular complexity index is 937. The SMILES string of the molecule is CN(C)c1ccc(/C=C/C(=O)C2(CCN3CCCC3)CCOC2=O)cc1.O=C(O)C(O)C(O)C(=O)O. The molecule has 0 aliphatic carbocycles. The second kappa shape index (κ2) is 13.1. The molecule has 0 spiro atoms. The monoisotopic (exact) mass is 506 g/mol. The highest BCUT2D eigenvalue weighted by Gasteiger charge is 2.49. The Morgan fingerprint density at radius 1 is 1.06 bits per heavy atom. The standard InChI is InChI=1S/C21H28N2O3.C4H6O6/c1-22(2)18-8-5-17(6-9-18)7-10-19(24)21(12-16-26-20(21)25)11-15-23-13-3-4-14-23;5-1(3(7)8)2(6)4(9)10/h5-10H,3-4,11-16H2,1-2H3;1-2,5-6H,(H,7,8)(H,9,10)/b10-7+;. The van der Waals surface area contributed by atoms with Crippen LogP contribution in [-0.2, 0) is 23.9 Å². The van der Waals surface area contributed by atoms with Crippen molar-refractivity contribution in [2.45, 2.75) is 37.9 Å². The van der Waals surface area contributed by atoms with Gasteiger partial charge in [-0.2, -0.15) is 0 Å². The highest BCUT2D eigenvalue weighted by Crippen LogP contribution is 2.36. The van der Waals surface area contributed by atoms with Crippen molar-refractivity contribution in [2.24, 2.45) is 5.41 Å². The molecule has 198 valence electrons. The number of esters is 1. The zero-order chi connectivity index (χ0) is 26.9. The molecule has 11 nitrogen and oxygen atoms in total. The van der Waals surface area contributed by atoms with Crippen LogP contribution in [0.15, 0.2) is 30.3 Å². The van der Waals surface area contributed by atoms with Gasteiger partial charge in [0.1, 0.15) is 5.41 Å². The third-order valence-electron chi connectivity index (χ3n) is 6.32. The van der Waals surface area contributed by atoms with Crippen molar-refractivity contribution in [1.29, 1.82) is 0 Å². The molecule has 0 bridgehead atoms. The van der Waals surface area contributed by atoms with E-state index in [0.717, 1.165) is 30.9 Å². The second-order valence-electron chi connectivity index (χ2n) is 9.02. The van der Waals surface area contributed by atoms with Gasteiger partial charge in [0.2, 0.25) is 0 Å². The number of hydrogen-bond acceptors (Lipinski definition) is 9. The molecule has 3 atom stereocenters. The quantitative estimate of drug-likeness (QED) is 0.200. The molecule has 3 unspecified atom stereocenters. The molecule has 11 heteroatoms. The number of ketones is 1. The summed E-state index contributed by atoms with van der Waals surface area (Å²) in [4.78, 5) is 49.2. The van der Waals surface area contributed by atoms with Gasteiger partial charge in [0.15, 0.2) is 18.0 Å². The van der Waals surface area contributed by atoms with Crippen LogP contribution in [-0.4, -0.2) is 102 Å². The van der Waals surface area contributed by atoms with Gasteiger partial charge in [-0.3, -0.25) is 9.59 Å². The number of nitrogens with zero attached hydrogens (tertiary/aromatic N) is 2. The molecule has 2 saturated heterocycles. The van der Waals surface area contributed by atoms with Gasteiger partial charge in [-0.15, -0.1) is 0 Å². The molecule has 36 heavy (non-hydrogen) atoms. The van der Waals surface area contributed by atoms with Crippen LogP contribution in [0.5, 0.6) is 0 Å². The van der Waals surface area contributed by atoms with Gasteiger partial charge in [-0.25, -0.2) is 9.59 Å². The van der Waals surface area contributed by atoms with Gasteiger partial charge < -0.3 is 35.0 Å². The maximum atomic E-state index is 12.9. The molecule has 0 aromatic heterocycles. The fraction of sp³-hybridized carbons (Fsp3) is 0.520. The molecule has 0 saturated carbocycles. The number of ether oxygens (including phenoxy) is 1. The smallest absolute Gasteiger partial charge is 0.335 e. The number of likely N-dealkylation sites (tertiary alicyclic amines) is 1. The van der Waals surface area contributed by atoms with E-state index >= 15 is 0 Å². The van der Waals surface area contributed by atoms with Gasteiger partial charge in [-0.1, -0.05) is 18.2 Å². The normalized spacial score (nSPS) is 21.4. The molecule has 2 fully saturated rings. The fourth-order valence-electron chi connectivity index (χ4n) is 3.97. The summed E-state index contributed by atoms with van der Waals surface area (Å²) < 4.78 is 5.18. The average molecular weight is 507 g/mol. The number of aliphatic hydroxyl groups is 2. The molecule has 1 aromatic rings. The molecular formula is C25H34N2O9. The van der Waals surface area contributed by atoms with Gasteiger partial charge >= 0.3 is 17.9 Å². The maximum absolute atomic E-state index is 12.9. The van der Waals surface area contributed by atoms with E-state index in [-0.39, 0.29) is 11.8 Å². The number of cyclic esters (lactones) is 1. The Morgan fingerprint density at radius 2 is 1.61 bits per heavy atom. The zero-order valence-corrected chi connectivity index (χ0v) is 20.5. The van der Waals surface area contributed by atoms with Crippen molar-refractivity contribution in [3.63, 3.8) is 0 Å². The maximum Gasteiger partial charge on any atom is 0.335 e. The molecular weight excluding hydrogens is 472 g/mol. The number of aliphatic carboxylic acids is 2. The van der Waals surface area contributed by atoms with Gasteiger partial charge in [0.25, 0.3) is 0 Å². The van der Waals surface area contributed by atoms with Crippen molar-refractivity contribution in [2.75, 3.05) is 45.2 Å². The van der Waals surface area contributed by atoms with Crippen LogP contribution in [0.25, 0.3) is 6.08 Å². The first kappa shape index (κ1) is 29.0. The van der Waals surface area contributed by atoms with Crippen LogP contribution >= 0.6 is 0 Å². The van der Waals surface area contributed by atoms with Crippen LogP contribution in [0.2, 0.25) is 0 Å². The number of anilines is 1. The predicted molar refractivity (Wildman–Crippen MR) is 130 cm³/mol. The summed E-state index contributed by atoms with van der Waals surface area (Å²) in [5.74, 6) is -4.02. The fourth-order valence-corrected chi connectivity index (χ4v) is 3.97. The zero-order valence-electron chi connectivity index (χ0n) is 20.5. The molecule has 4 N–H and O–H groups in total. The number of allylic oxidation sites excluding steroid dienone is 1. The van der Waals surface area contributed by atoms with Crippen molar-refractivity contribution in [3.05, 3.63) is 35.9 Å². The number of carboxylic acid groups (broad SMARTS) is 2. The molecule has 2 heterocycles. The van der Waals surface area contributed by atoms with Crippen molar-refractivity contribution >= 4 is 35.5 Å². The van der Waals surface area contributed by atoms with E-state index in [1.165, 1.54) is 12.8 Å². The van der Waals surface area contributed by atoms with E-state index in [0.29, 0.717) is 19.4 Å². The average Bonchev–Trinajstić information content (AvgIpc) is 3.50. The second-order valence-corrected chi connectivity index (χ2v) is 9.02. The topological polar surface area (TPSA) is 165 Å². The lowest BCUT2D eigenvalue weighted by atomic mass is 9.78. The Hall–Kier alpha value is -3.28. The molecule has 2 aliphatic rings. The molecule has 0 amide bonds. The summed E-state index contributed by atoms with van der Waals surface area (Å²) >= 11 is 0. The highest BCUT2D eigenvalue weighted by molar-refractivity contribution is 6.11. The van der Waals surface area contributed by atoms with Crippen molar-refractivity contribution in [1.82, 2.24) is 4.90 Å². The summed E-state index contributed by atoms with van der Waals surface area (Å²) in [7, 11) is 3.98. The number of rotatable bonds is 10. The minimum atomic E-state index is -2.27. The van der Waals surface area contributed by atoms with Crippen LogP contribution in [0.3, 0.4) is 0 Å². The van der Waals surface area contributed by atoms with Crippen LogP contribution in [0.1, 0.15) is 31.2 Å². The lowest BCUT2D eigenvalue weighted by Gasteiger charge is -2.24. The Kier molecular flexibility index (Phi) is 10.6.